The van der Waals surface area contributed by atoms with Gasteiger partial charge in [-0.25, -0.2) is 13.1 Å². The van der Waals surface area contributed by atoms with E-state index in [0.29, 0.717) is 12.4 Å². The highest BCUT2D eigenvalue weighted by atomic mass is 32.2. The summed E-state index contributed by atoms with van der Waals surface area (Å²) in [7, 11) is -3.58. The van der Waals surface area contributed by atoms with Crippen molar-refractivity contribution in [3.8, 4) is 5.75 Å². The first-order valence-corrected chi connectivity index (χ1v) is 8.86. The van der Waals surface area contributed by atoms with Crippen LogP contribution in [0.2, 0.25) is 0 Å². The third-order valence-electron chi connectivity index (χ3n) is 2.95. The number of sulfonamides is 1. The second-order valence-corrected chi connectivity index (χ2v) is 8.22. The van der Waals surface area contributed by atoms with Crippen LogP contribution in [0.5, 0.6) is 5.75 Å². The number of hydrogen-bond acceptors (Lipinski definition) is 3. The highest BCUT2D eigenvalue weighted by Crippen LogP contribution is 2.31. The van der Waals surface area contributed by atoms with Crippen molar-refractivity contribution < 1.29 is 13.2 Å². The Bertz CT molecular complexity index is 572. The maximum absolute atomic E-state index is 12.5. The third-order valence-corrected chi connectivity index (χ3v) is 4.63. The lowest BCUT2D eigenvalue weighted by atomic mass is 9.87. The van der Waals surface area contributed by atoms with Crippen LogP contribution in [0, 0.1) is 0 Å². The van der Waals surface area contributed by atoms with E-state index in [0.717, 1.165) is 12.0 Å². The van der Waals surface area contributed by atoms with Gasteiger partial charge >= 0.3 is 0 Å². The summed E-state index contributed by atoms with van der Waals surface area (Å²) in [5.41, 5.74) is 0.848. The summed E-state index contributed by atoms with van der Waals surface area (Å²) in [6, 6.07) is 5.24. The molecule has 0 unspecified atom stereocenters. The minimum absolute atomic E-state index is 0.120. The molecule has 4 nitrogen and oxygen atoms in total. The Kier molecular flexibility index (Phi) is 5.82. The SMILES string of the molecule is CCCOc1ccc(C(C)(C)C)cc1S(=O)(=O)NC(C)C. The first kappa shape index (κ1) is 18.0. The van der Waals surface area contributed by atoms with E-state index < -0.39 is 10.0 Å². The van der Waals surface area contributed by atoms with Gasteiger partial charge in [0.2, 0.25) is 10.0 Å². The van der Waals surface area contributed by atoms with Gasteiger partial charge in [0.25, 0.3) is 0 Å². The molecule has 0 aliphatic carbocycles. The second kappa shape index (κ2) is 6.79. The van der Waals surface area contributed by atoms with E-state index in [9.17, 15) is 8.42 Å². The van der Waals surface area contributed by atoms with Crippen molar-refractivity contribution in [2.24, 2.45) is 0 Å². The molecule has 0 aliphatic heterocycles. The molecule has 1 aromatic rings. The Morgan fingerprint density at radius 3 is 2.33 bits per heavy atom. The average molecular weight is 313 g/mol. The van der Waals surface area contributed by atoms with E-state index in [1.807, 2.05) is 13.0 Å². The van der Waals surface area contributed by atoms with Crippen LogP contribution in [0.1, 0.15) is 53.5 Å². The van der Waals surface area contributed by atoms with Crippen LogP contribution in [-0.2, 0) is 15.4 Å². The van der Waals surface area contributed by atoms with Gasteiger partial charge in [-0.05, 0) is 43.4 Å². The lowest BCUT2D eigenvalue weighted by Gasteiger charge is -2.22. The van der Waals surface area contributed by atoms with E-state index in [4.69, 9.17) is 4.74 Å². The van der Waals surface area contributed by atoms with Crippen molar-refractivity contribution in [2.45, 2.75) is 64.3 Å². The second-order valence-electron chi connectivity index (χ2n) is 6.54. The molecule has 21 heavy (non-hydrogen) atoms. The van der Waals surface area contributed by atoms with Gasteiger partial charge in [-0.15, -0.1) is 0 Å². The van der Waals surface area contributed by atoms with Gasteiger partial charge < -0.3 is 4.74 Å². The predicted molar refractivity (Wildman–Crippen MR) is 86.4 cm³/mol. The van der Waals surface area contributed by atoms with Crippen LogP contribution in [0.25, 0.3) is 0 Å². The van der Waals surface area contributed by atoms with Crippen LogP contribution in [0.15, 0.2) is 23.1 Å². The third kappa shape index (κ3) is 5.00. The molecule has 0 aromatic heterocycles. The topological polar surface area (TPSA) is 55.4 Å². The lowest BCUT2D eigenvalue weighted by Crippen LogP contribution is -2.31. The summed E-state index contributed by atoms with van der Waals surface area (Å²) in [6.07, 6.45) is 0.831. The fourth-order valence-electron chi connectivity index (χ4n) is 1.89. The zero-order valence-electron chi connectivity index (χ0n) is 13.9. The minimum atomic E-state index is -3.58. The molecule has 0 saturated heterocycles. The number of ether oxygens (including phenoxy) is 1. The Hall–Kier alpha value is -1.07. The molecule has 0 saturated carbocycles. The van der Waals surface area contributed by atoms with Crippen LogP contribution < -0.4 is 9.46 Å². The standard InChI is InChI=1S/C16H27NO3S/c1-7-10-20-14-9-8-13(16(4,5)6)11-15(14)21(18,19)17-12(2)3/h8-9,11-12,17H,7,10H2,1-6H3. The predicted octanol–water partition coefficient (Wildman–Crippen LogP) is 3.46. The van der Waals surface area contributed by atoms with Crippen molar-refractivity contribution >= 4 is 10.0 Å². The first-order chi connectivity index (χ1) is 9.58. The van der Waals surface area contributed by atoms with Gasteiger partial charge in [-0.2, -0.15) is 0 Å². The summed E-state index contributed by atoms with van der Waals surface area (Å²) >= 11 is 0. The molecule has 0 bridgehead atoms. The fourth-order valence-corrected chi connectivity index (χ4v) is 3.31. The van der Waals surface area contributed by atoms with Crippen molar-refractivity contribution in [1.82, 2.24) is 4.72 Å². The summed E-state index contributed by atoms with van der Waals surface area (Å²) in [4.78, 5) is 0.220. The van der Waals surface area contributed by atoms with Crippen molar-refractivity contribution in [2.75, 3.05) is 6.61 Å². The Morgan fingerprint density at radius 1 is 1.24 bits per heavy atom. The Balaban J connectivity index is 3.35. The van der Waals surface area contributed by atoms with E-state index in [1.165, 1.54) is 0 Å². The van der Waals surface area contributed by atoms with Crippen molar-refractivity contribution in [3.05, 3.63) is 23.8 Å². The number of nitrogens with one attached hydrogen (secondary N) is 1. The number of benzene rings is 1. The van der Waals surface area contributed by atoms with E-state index in [-0.39, 0.29) is 16.4 Å². The first-order valence-electron chi connectivity index (χ1n) is 7.37. The van der Waals surface area contributed by atoms with Crippen molar-refractivity contribution in [3.63, 3.8) is 0 Å². The van der Waals surface area contributed by atoms with Gasteiger partial charge in [0.05, 0.1) is 6.61 Å². The molecule has 1 N–H and O–H groups in total. The number of hydrogen-bond donors (Lipinski definition) is 1. The number of rotatable bonds is 6. The van der Waals surface area contributed by atoms with Crippen LogP contribution in [0.3, 0.4) is 0 Å². The molecule has 0 atom stereocenters. The van der Waals surface area contributed by atoms with Crippen LogP contribution >= 0.6 is 0 Å². The van der Waals surface area contributed by atoms with Crippen LogP contribution in [-0.4, -0.2) is 21.1 Å². The summed E-state index contributed by atoms with van der Waals surface area (Å²) < 4.78 is 33.3. The van der Waals surface area contributed by atoms with Crippen LogP contribution in [0.4, 0.5) is 0 Å². The van der Waals surface area contributed by atoms with Gasteiger partial charge in [-0.3, -0.25) is 0 Å². The summed E-state index contributed by atoms with van der Waals surface area (Å²) in [5, 5.41) is 0. The molecular formula is C16H27NO3S. The largest absolute Gasteiger partial charge is 0.492 e. The molecule has 0 aliphatic rings. The van der Waals surface area contributed by atoms with E-state index in [1.54, 1.807) is 26.0 Å². The summed E-state index contributed by atoms with van der Waals surface area (Å²) in [6.45, 7) is 12.3. The zero-order chi connectivity index (χ0) is 16.3. The van der Waals surface area contributed by atoms with Gasteiger partial charge in [0.1, 0.15) is 10.6 Å². The molecular weight excluding hydrogens is 286 g/mol. The molecule has 0 spiro atoms. The molecule has 0 heterocycles. The quantitative estimate of drug-likeness (QED) is 0.875. The van der Waals surface area contributed by atoms with Gasteiger partial charge in [-0.1, -0.05) is 33.8 Å². The van der Waals surface area contributed by atoms with Gasteiger partial charge in [0, 0.05) is 6.04 Å². The molecule has 5 heteroatoms. The lowest BCUT2D eigenvalue weighted by molar-refractivity contribution is 0.308. The monoisotopic (exact) mass is 313 g/mol. The average Bonchev–Trinajstić information content (AvgIpc) is 2.33. The Labute approximate surface area is 129 Å². The molecule has 120 valence electrons. The molecule has 1 rings (SSSR count). The maximum Gasteiger partial charge on any atom is 0.244 e. The summed E-state index contributed by atoms with van der Waals surface area (Å²) in [5.74, 6) is 0.415. The Morgan fingerprint density at radius 2 is 1.86 bits per heavy atom. The van der Waals surface area contributed by atoms with E-state index >= 15 is 0 Å². The van der Waals surface area contributed by atoms with E-state index in [2.05, 4.69) is 25.5 Å². The normalized spacial score (nSPS) is 12.7. The highest BCUT2D eigenvalue weighted by Gasteiger charge is 2.24. The zero-order valence-corrected chi connectivity index (χ0v) is 14.7. The molecule has 1 aromatic carbocycles. The van der Waals surface area contributed by atoms with Crippen molar-refractivity contribution in [1.29, 1.82) is 0 Å². The molecule has 0 amide bonds. The minimum Gasteiger partial charge on any atom is -0.492 e. The van der Waals surface area contributed by atoms with Gasteiger partial charge in [0.15, 0.2) is 0 Å². The fraction of sp³-hybridized carbons (Fsp3) is 0.625. The smallest absolute Gasteiger partial charge is 0.244 e. The molecule has 0 fully saturated rings. The maximum atomic E-state index is 12.5. The highest BCUT2D eigenvalue weighted by molar-refractivity contribution is 7.89. The molecule has 0 radical (unpaired) electrons.